The Morgan fingerprint density at radius 2 is 2.05 bits per heavy atom. The molecule has 0 radical (unpaired) electrons. The molecule has 22 heavy (non-hydrogen) atoms. The zero-order chi connectivity index (χ0) is 15.5. The van der Waals surface area contributed by atoms with Crippen LogP contribution in [0.25, 0.3) is 11.0 Å². The molecule has 0 amide bonds. The Kier molecular flexibility index (Phi) is 4.00. The molecule has 0 N–H and O–H groups in total. The van der Waals surface area contributed by atoms with E-state index in [0.717, 1.165) is 36.1 Å². The molecule has 0 atom stereocenters. The minimum atomic E-state index is -0.0676. The molecular formula is C16H19N5O. The first-order chi connectivity index (χ1) is 10.7. The van der Waals surface area contributed by atoms with E-state index in [1.165, 1.54) is 0 Å². The average molecular weight is 297 g/mol. The number of fused-ring (bicyclic) bond motifs is 1. The largest absolute Gasteiger partial charge is 0.299 e. The minimum Gasteiger partial charge on any atom is -0.299 e. The van der Waals surface area contributed by atoms with Crippen LogP contribution < -0.4 is 5.56 Å². The van der Waals surface area contributed by atoms with Crippen molar-refractivity contribution < 1.29 is 0 Å². The molecule has 3 rings (SSSR count). The van der Waals surface area contributed by atoms with Gasteiger partial charge in [0.2, 0.25) is 0 Å². The van der Waals surface area contributed by atoms with E-state index in [9.17, 15) is 4.79 Å². The average Bonchev–Trinajstić information content (AvgIpc) is 2.97. The van der Waals surface area contributed by atoms with Crippen LogP contribution in [0.2, 0.25) is 0 Å². The molecule has 0 saturated heterocycles. The fraction of sp³-hybridized carbons (Fsp3) is 0.375. The van der Waals surface area contributed by atoms with Crippen LogP contribution >= 0.6 is 0 Å². The van der Waals surface area contributed by atoms with Gasteiger partial charge in [0, 0.05) is 6.54 Å². The number of hydrogen-bond donors (Lipinski definition) is 0. The Morgan fingerprint density at radius 1 is 1.23 bits per heavy atom. The third-order valence-corrected chi connectivity index (χ3v) is 3.76. The topological polar surface area (TPSA) is 65.6 Å². The van der Waals surface area contributed by atoms with E-state index in [4.69, 9.17) is 0 Å². The summed E-state index contributed by atoms with van der Waals surface area (Å²) in [6, 6.07) is 7.69. The minimum absolute atomic E-state index is 0.0676. The summed E-state index contributed by atoms with van der Waals surface area (Å²) in [6.07, 6.45) is 3.87. The maximum absolute atomic E-state index is 12.5. The van der Waals surface area contributed by atoms with Gasteiger partial charge in [0.15, 0.2) is 0 Å². The highest BCUT2D eigenvalue weighted by Gasteiger charge is 2.11. The summed E-state index contributed by atoms with van der Waals surface area (Å²) in [6.45, 7) is 5.17. The Hall–Kier alpha value is -2.50. The maximum Gasteiger partial charge on any atom is 0.272 e. The molecule has 1 aromatic carbocycles. The van der Waals surface area contributed by atoms with Gasteiger partial charge in [-0.2, -0.15) is 0 Å². The van der Waals surface area contributed by atoms with E-state index in [-0.39, 0.29) is 5.56 Å². The van der Waals surface area contributed by atoms with Gasteiger partial charge in [0.25, 0.3) is 5.56 Å². The lowest BCUT2D eigenvalue weighted by Gasteiger charge is -2.11. The van der Waals surface area contributed by atoms with E-state index in [1.54, 1.807) is 17.7 Å². The van der Waals surface area contributed by atoms with Gasteiger partial charge in [-0.3, -0.25) is 9.36 Å². The molecule has 2 aromatic heterocycles. The number of benzene rings is 1. The SMILES string of the molecule is CCCCn1nncc1Cn1c(=O)c(C)nc2ccccc21. The number of unbranched alkanes of at least 4 members (excludes halogenated alkanes) is 1. The fourth-order valence-electron chi connectivity index (χ4n) is 2.54. The second kappa shape index (κ2) is 6.09. The molecule has 6 nitrogen and oxygen atoms in total. The molecule has 0 spiro atoms. The van der Waals surface area contributed by atoms with Gasteiger partial charge in [-0.1, -0.05) is 30.7 Å². The Morgan fingerprint density at radius 3 is 2.86 bits per heavy atom. The predicted octanol–water partition coefficient (Wildman–Crippen LogP) is 2.14. The molecule has 0 aliphatic carbocycles. The van der Waals surface area contributed by atoms with Gasteiger partial charge < -0.3 is 0 Å². The fourth-order valence-corrected chi connectivity index (χ4v) is 2.54. The predicted molar refractivity (Wildman–Crippen MR) is 84.8 cm³/mol. The standard InChI is InChI=1S/C16H19N5O/c1-3-4-9-21-13(10-17-19-21)11-20-15-8-6-5-7-14(15)18-12(2)16(20)22/h5-8,10H,3-4,9,11H2,1-2H3. The van der Waals surface area contributed by atoms with E-state index in [2.05, 4.69) is 22.2 Å². The second-order valence-electron chi connectivity index (χ2n) is 5.38. The second-order valence-corrected chi connectivity index (χ2v) is 5.38. The van der Waals surface area contributed by atoms with Gasteiger partial charge in [-0.25, -0.2) is 9.67 Å². The lowest BCUT2D eigenvalue weighted by Crippen LogP contribution is -2.25. The van der Waals surface area contributed by atoms with Crippen LogP contribution in [0.3, 0.4) is 0 Å². The molecule has 2 heterocycles. The normalized spacial score (nSPS) is 11.2. The van der Waals surface area contributed by atoms with Crippen molar-refractivity contribution in [3.63, 3.8) is 0 Å². The van der Waals surface area contributed by atoms with Crippen molar-refractivity contribution in [3.05, 3.63) is 52.2 Å². The quantitative estimate of drug-likeness (QED) is 0.723. The van der Waals surface area contributed by atoms with Gasteiger partial charge in [-0.05, 0) is 25.5 Å². The number of para-hydroxylation sites is 2. The van der Waals surface area contributed by atoms with Crippen LogP contribution in [0.15, 0.2) is 35.3 Å². The number of hydrogen-bond acceptors (Lipinski definition) is 4. The summed E-state index contributed by atoms with van der Waals surface area (Å²) in [7, 11) is 0. The molecule has 0 aliphatic heterocycles. The molecular weight excluding hydrogens is 278 g/mol. The van der Waals surface area contributed by atoms with Gasteiger partial charge in [0.1, 0.15) is 5.69 Å². The van der Waals surface area contributed by atoms with Crippen molar-refractivity contribution in [2.45, 2.75) is 39.8 Å². The van der Waals surface area contributed by atoms with Crippen LogP contribution in [0, 0.1) is 6.92 Å². The number of rotatable bonds is 5. The lowest BCUT2D eigenvalue weighted by molar-refractivity contribution is 0.524. The third kappa shape index (κ3) is 2.64. The highest BCUT2D eigenvalue weighted by molar-refractivity contribution is 5.74. The molecule has 6 heteroatoms. The van der Waals surface area contributed by atoms with Crippen molar-refractivity contribution in [2.75, 3.05) is 0 Å². The molecule has 0 fully saturated rings. The van der Waals surface area contributed by atoms with Crippen LogP contribution in [0.1, 0.15) is 31.2 Å². The van der Waals surface area contributed by atoms with Crippen LogP contribution in [-0.2, 0) is 13.1 Å². The number of nitrogens with zero attached hydrogens (tertiary/aromatic N) is 5. The van der Waals surface area contributed by atoms with Crippen molar-refractivity contribution in [1.82, 2.24) is 24.5 Å². The number of aryl methyl sites for hydroxylation is 2. The summed E-state index contributed by atoms with van der Waals surface area (Å²) >= 11 is 0. The Labute approximate surface area is 128 Å². The molecule has 114 valence electrons. The van der Waals surface area contributed by atoms with E-state index < -0.39 is 0 Å². The van der Waals surface area contributed by atoms with E-state index in [1.807, 2.05) is 28.9 Å². The molecule has 0 bridgehead atoms. The summed E-state index contributed by atoms with van der Waals surface area (Å²) in [4.78, 5) is 16.9. The zero-order valence-corrected chi connectivity index (χ0v) is 12.9. The summed E-state index contributed by atoms with van der Waals surface area (Å²) < 4.78 is 3.62. The Balaban J connectivity index is 2.06. The van der Waals surface area contributed by atoms with Gasteiger partial charge >= 0.3 is 0 Å². The smallest absolute Gasteiger partial charge is 0.272 e. The third-order valence-electron chi connectivity index (χ3n) is 3.76. The van der Waals surface area contributed by atoms with Crippen molar-refractivity contribution in [2.24, 2.45) is 0 Å². The maximum atomic E-state index is 12.5. The first-order valence-electron chi connectivity index (χ1n) is 7.54. The highest BCUT2D eigenvalue weighted by Crippen LogP contribution is 2.12. The molecule has 0 unspecified atom stereocenters. The monoisotopic (exact) mass is 297 g/mol. The first-order valence-corrected chi connectivity index (χ1v) is 7.54. The van der Waals surface area contributed by atoms with Crippen LogP contribution in [-0.4, -0.2) is 24.5 Å². The van der Waals surface area contributed by atoms with Gasteiger partial charge in [-0.15, -0.1) is 5.10 Å². The zero-order valence-electron chi connectivity index (χ0n) is 12.9. The summed E-state index contributed by atoms with van der Waals surface area (Å²) in [5.74, 6) is 0. The lowest BCUT2D eigenvalue weighted by atomic mass is 10.2. The van der Waals surface area contributed by atoms with Gasteiger partial charge in [0.05, 0.1) is 29.5 Å². The summed E-state index contributed by atoms with van der Waals surface area (Å²) in [5, 5.41) is 8.10. The van der Waals surface area contributed by atoms with Crippen molar-refractivity contribution >= 4 is 11.0 Å². The highest BCUT2D eigenvalue weighted by atomic mass is 16.1. The van der Waals surface area contributed by atoms with Crippen LogP contribution in [0.4, 0.5) is 0 Å². The summed E-state index contributed by atoms with van der Waals surface area (Å²) in [5.41, 5.74) is 3.04. The Bertz CT molecular complexity index is 849. The number of aromatic nitrogens is 5. The molecule has 3 aromatic rings. The van der Waals surface area contributed by atoms with Crippen LogP contribution in [0.5, 0.6) is 0 Å². The van der Waals surface area contributed by atoms with E-state index in [0.29, 0.717) is 12.2 Å². The molecule has 0 saturated carbocycles. The molecule has 0 aliphatic rings. The van der Waals surface area contributed by atoms with E-state index >= 15 is 0 Å². The first kappa shape index (κ1) is 14.4. The van der Waals surface area contributed by atoms with Crippen molar-refractivity contribution in [3.8, 4) is 0 Å². The van der Waals surface area contributed by atoms with Crippen molar-refractivity contribution in [1.29, 1.82) is 0 Å².